The number of nitrogen functional groups attached to an aromatic ring is 1. The van der Waals surface area contributed by atoms with Gasteiger partial charge in [0.25, 0.3) is 11.8 Å². The first-order valence-corrected chi connectivity index (χ1v) is 10.3. The number of nitrogens with zero attached hydrogens (tertiary/aromatic N) is 3. The van der Waals surface area contributed by atoms with Gasteiger partial charge in [-0.15, -0.1) is 23.1 Å². The average Bonchev–Trinajstić information content (AvgIpc) is 3.13. The third-order valence-electron chi connectivity index (χ3n) is 4.15. The fourth-order valence-electron chi connectivity index (χ4n) is 2.88. The van der Waals surface area contributed by atoms with E-state index < -0.39 is 35.2 Å². The number of aliphatic carboxylic acids is 1. The van der Waals surface area contributed by atoms with Gasteiger partial charge in [-0.1, -0.05) is 5.16 Å². The van der Waals surface area contributed by atoms with Crippen molar-refractivity contribution >= 4 is 80.7 Å². The third-order valence-corrected chi connectivity index (χ3v) is 6.16. The Labute approximate surface area is 203 Å². The van der Waals surface area contributed by atoms with Crippen molar-refractivity contribution in [1.82, 2.24) is 15.2 Å². The van der Waals surface area contributed by atoms with Gasteiger partial charge in [-0.05, 0) is 0 Å². The number of oxime groups is 1. The molecular formula is C16H19MgN5O7S2. The van der Waals surface area contributed by atoms with E-state index in [0.717, 1.165) is 16.2 Å². The number of thiazole rings is 1. The summed E-state index contributed by atoms with van der Waals surface area (Å²) >= 11 is 2.35. The Morgan fingerprint density at radius 1 is 1.48 bits per heavy atom. The number of carboxylic acids is 1. The van der Waals surface area contributed by atoms with Crippen LogP contribution in [0.4, 0.5) is 5.13 Å². The molecule has 0 saturated carbocycles. The number of β-lactam (4-membered cyclic amide) rings is 1. The zero-order valence-corrected chi connectivity index (χ0v) is 19.5. The number of nitrogens with one attached hydrogen (secondary N) is 1. The Kier molecular flexibility index (Phi) is 8.27. The van der Waals surface area contributed by atoms with E-state index in [1.807, 2.05) is 0 Å². The van der Waals surface area contributed by atoms with Gasteiger partial charge in [0.2, 0.25) is 0 Å². The van der Waals surface area contributed by atoms with Crippen LogP contribution in [0.15, 0.2) is 21.8 Å². The third kappa shape index (κ3) is 5.11. The minimum absolute atomic E-state index is 0. The molecule has 0 radical (unpaired) electrons. The average molecular weight is 482 g/mol. The number of aromatic nitrogens is 1. The summed E-state index contributed by atoms with van der Waals surface area (Å²) in [5.41, 5.74) is 5.67. The molecule has 0 aromatic carbocycles. The number of carbonyl (C=O) groups is 4. The van der Waals surface area contributed by atoms with Gasteiger partial charge in [0.1, 0.15) is 36.5 Å². The molecule has 0 bridgehead atoms. The SMILES string of the molecule is CO/N=C(/C(=O)N[C@@H]1C(=O)N2C(C(=O)O)=C(COC(C)=O)CS[C@H]12)c1csc(N)n1.[H-].[H-].[Mg+2]. The van der Waals surface area contributed by atoms with Crippen LogP contribution in [0.25, 0.3) is 0 Å². The summed E-state index contributed by atoms with van der Waals surface area (Å²) in [4.78, 5) is 57.8. The number of carboxylic acid groups (broad SMARTS) is 1. The van der Waals surface area contributed by atoms with Crippen molar-refractivity contribution in [2.45, 2.75) is 18.3 Å². The van der Waals surface area contributed by atoms with E-state index in [4.69, 9.17) is 10.5 Å². The molecule has 12 nitrogen and oxygen atoms in total. The van der Waals surface area contributed by atoms with Crippen molar-refractivity contribution in [1.29, 1.82) is 0 Å². The first kappa shape index (κ1) is 24.9. The molecule has 1 saturated heterocycles. The van der Waals surface area contributed by atoms with Crippen molar-refractivity contribution in [3.05, 3.63) is 22.3 Å². The number of hydrogen-bond donors (Lipinski definition) is 3. The summed E-state index contributed by atoms with van der Waals surface area (Å²) in [6.07, 6.45) is 0. The number of ether oxygens (including phenoxy) is 1. The van der Waals surface area contributed by atoms with E-state index in [1.54, 1.807) is 0 Å². The summed E-state index contributed by atoms with van der Waals surface area (Å²) in [7, 11) is 1.25. The molecule has 15 heteroatoms. The number of rotatable bonds is 7. The minimum atomic E-state index is -1.32. The van der Waals surface area contributed by atoms with Gasteiger partial charge in [-0.25, -0.2) is 9.78 Å². The van der Waals surface area contributed by atoms with Gasteiger partial charge < -0.3 is 28.6 Å². The van der Waals surface area contributed by atoms with Crippen LogP contribution in [-0.4, -0.2) is 98.4 Å². The molecule has 164 valence electrons. The molecule has 1 aromatic heterocycles. The maximum atomic E-state index is 12.7. The van der Waals surface area contributed by atoms with Crippen molar-refractivity contribution in [3.8, 4) is 0 Å². The first-order chi connectivity index (χ1) is 14.2. The zero-order chi connectivity index (χ0) is 22.0. The minimum Gasteiger partial charge on any atom is -1.00 e. The molecule has 2 atom stereocenters. The number of nitrogens with two attached hydrogens (primary N) is 1. The quantitative estimate of drug-likeness (QED) is 0.147. The smallest absolute Gasteiger partial charge is 1.00 e. The Morgan fingerprint density at radius 3 is 2.74 bits per heavy atom. The van der Waals surface area contributed by atoms with Crippen LogP contribution >= 0.6 is 23.1 Å². The molecule has 4 N–H and O–H groups in total. The Bertz CT molecular complexity index is 990. The van der Waals surface area contributed by atoms with Gasteiger partial charge in [-0.3, -0.25) is 19.3 Å². The van der Waals surface area contributed by atoms with Crippen molar-refractivity contribution in [3.63, 3.8) is 0 Å². The molecular weight excluding hydrogens is 463 g/mol. The molecule has 2 amide bonds. The summed E-state index contributed by atoms with van der Waals surface area (Å²) in [5.74, 6) is -2.98. The Hall–Kier alpha value is -2.36. The van der Waals surface area contributed by atoms with Gasteiger partial charge in [0.05, 0.1) is 0 Å². The molecule has 0 unspecified atom stereocenters. The maximum Gasteiger partial charge on any atom is 2.00 e. The fourth-order valence-corrected chi connectivity index (χ4v) is 4.76. The van der Waals surface area contributed by atoms with Crippen LogP contribution in [-0.2, 0) is 28.8 Å². The largest absolute Gasteiger partial charge is 2.00 e. The zero-order valence-electron chi connectivity index (χ0n) is 18.5. The fraction of sp³-hybridized carbons (Fsp3) is 0.375. The van der Waals surface area contributed by atoms with Gasteiger partial charge in [-0.2, -0.15) is 0 Å². The normalized spacial score (nSPS) is 20.3. The summed E-state index contributed by atoms with van der Waals surface area (Å²) < 4.78 is 4.88. The van der Waals surface area contributed by atoms with Crippen LogP contribution in [0.3, 0.4) is 0 Å². The molecule has 0 aliphatic carbocycles. The molecule has 1 fully saturated rings. The van der Waals surface area contributed by atoms with E-state index in [-0.39, 0.29) is 60.5 Å². The first-order valence-electron chi connectivity index (χ1n) is 8.41. The van der Waals surface area contributed by atoms with Crippen LogP contribution in [0, 0.1) is 0 Å². The number of esters is 1. The maximum absolute atomic E-state index is 12.7. The van der Waals surface area contributed by atoms with Crippen LogP contribution in [0.5, 0.6) is 0 Å². The Morgan fingerprint density at radius 2 is 2.19 bits per heavy atom. The molecule has 1 aromatic rings. The van der Waals surface area contributed by atoms with E-state index in [1.165, 1.54) is 31.2 Å². The van der Waals surface area contributed by atoms with Gasteiger partial charge in [0.15, 0.2) is 10.8 Å². The number of anilines is 1. The van der Waals surface area contributed by atoms with Crippen molar-refractivity contribution in [2.24, 2.45) is 5.16 Å². The topological polar surface area (TPSA) is 174 Å². The predicted molar refractivity (Wildman–Crippen MR) is 114 cm³/mol. The van der Waals surface area contributed by atoms with E-state index in [0.29, 0.717) is 5.57 Å². The van der Waals surface area contributed by atoms with Crippen molar-refractivity contribution < 1.29 is 36.7 Å². The number of thioether (sulfide) groups is 1. The number of amides is 2. The summed E-state index contributed by atoms with van der Waals surface area (Å²) in [5, 5.41) is 16.9. The van der Waals surface area contributed by atoms with E-state index in [2.05, 4.69) is 20.3 Å². The van der Waals surface area contributed by atoms with Crippen LogP contribution in [0.1, 0.15) is 15.5 Å². The summed E-state index contributed by atoms with van der Waals surface area (Å²) in [6, 6.07) is -0.967. The standard InChI is InChI=1S/C16H17N5O7S2.Mg.2H/c1-6(22)28-3-7-4-29-14-10(13(24)21(14)11(7)15(25)26)19-12(23)9(20-27-2)8-5-30-16(17)18-8;;;/h5,10,14H,3-4H2,1-2H3,(H2,17,18)(H,19,23)(H,25,26);;;/q;+2;2*-1/b20-9+;;;/t10-,14-;;;/m1.../s1. The molecule has 2 aliphatic rings. The monoisotopic (exact) mass is 481 g/mol. The number of carbonyl (C=O) groups excluding carboxylic acids is 3. The molecule has 3 heterocycles. The molecule has 0 spiro atoms. The van der Waals surface area contributed by atoms with Gasteiger partial charge in [0, 0.05) is 23.6 Å². The summed E-state index contributed by atoms with van der Waals surface area (Å²) in [6.45, 7) is 0.975. The number of hydrogen-bond acceptors (Lipinski definition) is 11. The van der Waals surface area contributed by atoms with Crippen LogP contribution < -0.4 is 11.1 Å². The number of fused-ring (bicyclic) bond motifs is 1. The van der Waals surface area contributed by atoms with E-state index >= 15 is 0 Å². The van der Waals surface area contributed by atoms with Crippen molar-refractivity contribution in [2.75, 3.05) is 25.2 Å². The second-order valence-corrected chi connectivity index (χ2v) is 8.09. The molecule has 3 rings (SSSR count). The molecule has 2 aliphatic heterocycles. The van der Waals surface area contributed by atoms with Gasteiger partial charge >= 0.3 is 35.0 Å². The van der Waals surface area contributed by atoms with E-state index in [9.17, 15) is 24.3 Å². The second-order valence-electron chi connectivity index (χ2n) is 6.09. The van der Waals surface area contributed by atoms with Crippen LogP contribution in [0.2, 0.25) is 0 Å². The Balaban J connectivity index is 0.00000341. The second kappa shape index (κ2) is 10.3. The predicted octanol–water partition coefficient (Wildman–Crippen LogP) is -0.778. The molecule has 31 heavy (non-hydrogen) atoms.